The molecule has 0 bridgehead atoms. The number of rotatable bonds is 9. The van der Waals surface area contributed by atoms with E-state index in [-0.39, 0.29) is 42.0 Å². The maximum Gasteiger partial charge on any atom is 0.395 e. The van der Waals surface area contributed by atoms with Crippen molar-refractivity contribution in [1.82, 2.24) is 0 Å². The molecule has 0 spiro atoms. The van der Waals surface area contributed by atoms with Gasteiger partial charge in [0.05, 0.1) is 12.2 Å². The highest BCUT2D eigenvalue weighted by atomic mass is 31.2. The summed E-state index contributed by atoms with van der Waals surface area (Å²) >= 11 is 0. The summed E-state index contributed by atoms with van der Waals surface area (Å²) in [5.74, 6) is -0.779. The molecule has 32 heavy (non-hydrogen) atoms. The maximum absolute atomic E-state index is 13.9. The van der Waals surface area contributed by atoms with Crippen LogP contribution in [0.15, 0.2) is 66.2 Å². The third-order valence-corrected chi connectivity index (χ3v) is 7.40. The van der Waals surface area contributed by atoms with Crippen molar-refractivity contribution in [1.29, 1.82) is 0 Å². The van der Waals surface area contributed by atoms with Crippen molar-refractivity contribution in [3.05, 3.63) is 83.1 Å². The molecular weight excluding hydrogens is 430 g/mol. The monoisotopic (exact) mass is 462 g/mol. The Balaban J connectivity index is 2.15. The molecule has 5 nitrogen and oxygen atoms in total. The molecule has 174 valence electrons. The van der Waals surface area contributed by atoms with Crippen LogP contribution in [0.4, 0.5) is 4.39 Å². The number of hydrogen-bond donors (Lipinski definition) is 1. The third kappa shape index (κ3) is 5.87. The summed E-state index contributed by atoms with van der Waals surface area (Å²) < 4.78 is 45.3. The molecule has 0 amide bonds. The second-order valence-corrected chi connectivity index (χ2v) is 10.4. The van der Waals surface area contributed by atoms with Gasteiger partial charge in [0.15, 0.2) is 0 Å². The lowest BCUT2D eigenvalue weighted by molar-refractivity contribution is 0.0458. The predicted octanol–water partition coefficient (Wildman–Crippen LogP) is 6.36. The van der Waals surface area contributed by atoms with Crippen molar-refractivity contribution in [2.45, 2.75) is 64.3 Å². The summed E-state index contributed by atoms with van der Waals surface area (Å²) in [5, 5.41) is 9.77. The molecule has 3 atom stereocenters. The fourth-order valence-electron chi connectivity index (χ4n) is 4.05. The van der Waals surface area contributed by atoms with Crippen LogP contribution in [0.3, 0.4) is 0 Å². The number of halogens is 1. The van der Waals surface area contributed by atoms with Gasteiger partial charge in [-0.2, -0.15) is 0 Å². The van der Waals surface area contributed by atoms with E-state index in [9.17, 15) is 14.1 Å². The minimum absolute atomic E-state index is 0.114. The first-order chi connectivity index (χ1) is 15.2. The van der Waals surface area contributed by atoms with Crippen molar-refractivity contribution in [3.8, 4) is 0 Å². The third-order valence-electron chi connectivity index (χ3n) is 5.20. The van der Waals surface area contributed by atoms with Gasteiger partial charge in [-0.3, -0.25) is 4.57 Å². The number of benzene rings is 2. The number of hydrogen-bond acceptors (Lipinski definition) is 5. The molecule has 0 radical (unpaired) electrons. The summed E-state index contributed by atoms with van der Waals surface area (Å²) in [7, 11) is -3.75. The molecular formula is C25H32FO5P. The Morgan fingerprint density at radius 3 is 2.09 bits per heavy atom. The van der Waals surface area contributed by atoms with Gasteiger partial charge in [-0.25, -0.2) is 4.39 Å². The SMILES string of the molecule is CC(C)OP(=O)(OC(C)C)C1=C[C@@H](c2ccccc2)[C@H](c2ccc(F)cc2)[C@@H](CCO)O1. The molecule has 2 aromatic carbocycles. The average molecular weight is 462 g/mol. The first-order valence-corrected chi connectivity index (χ1v) is 12.5. The first-order valence-electron chi connectivity index (χ1n) is 11.0. The van der Waals surface area contributed by atoms with Crippen LogP contribution in [0.25, 0.3) is 0 Å². The molecule has 0 aromatic heterocycles. The second kappa shape index (κ2) is 10.8. The van der Waals surface area contributed by atoms with Crippen LogP contribution in [0, 0.1) is 5.82 Å². The minimum Gasteiger partial charge on any atom is -0.482 e. The van der Waals surface area contributed by atoms with Crippen LogP contribution >= 0.6 is 7.60 Å². The molecule has 3 rings (SSSR count). The Hall–Kier alpha value is -1.98. The topological polar surface area (TPSA) is 65.0 Å². The Morgan fingerprint density at radius 2 is 1.56 bits per heavy atom. The molecule has 7 heteroatoms. The van der Waals surface area contributed by atoms with Crippen LogP contribution in [-0.2, 0) is 18.3 Å². The fraction of sp³-hybridized carbons (Fsp3) is 0.440. The molecule has 0 saturated heterocycles. The zero-order valence-electron chi connectivity index (χ0n) is 19.0. The van der Waals surface area contributed by atoms with Crippen LogP contribution in [-0.4, -0.2) is 30.0 Å². The highest BCUT2D eigenvalue weighted by Crippen LogP contribution is 2.62. The quantitative estimate of drug-likeness (QED) is 0.440. The Kier molecular flexibility index (Phi) is 8.29. The molecule has 1 N–H and O–H groups in total. The summed E-state index contributed by atoms with van der Waals surface area (Å²) in [5.41, 5.74) is 2.02. The van der Waals surface area contributed by atoms with Crippen molar-refractivity contribution >= 4 is 7.60 Å². The molecule has 0 unspecified atom stereocenters. The summed E-state index contributed by atoms with van der Waals surface area (Å²) in [6, 6.07) is 16.1. The first kappa shape index (κ1) is 24.7. The van der Waals surface area contributed by atoms with Gasteiger partial charge in [0.2, 0.25) is 5.50 Å². The van der Waals surface area contributed by atoms with Crippen LogP contribution < -0.4 is 0 Å². The zero-order chi connectivity index (χ0) is 23.3. The molecule has 0 aliphatic carbocycles. The van der Waals surface area contributed by atoms with Gasteiger partial charge in [-0.1, -0.05) is 42.5 Å². The van der Waals surface area contributed by atoms with Crippen LogP contribution in [0.5, 0.6) is 0 Å². The largest absolute Gasteiger partial charge is 0.482 e. The van der Waals surface area contributed by atoms with Crippen LogP contribution in [0.1, 0.15) is 57.1 Å². The van der Waals surface area contributed by atoms with E-state index >= 15 is 0 Å². The molecule has 1 aliphatic heterocycles. The van der Waals surface area contributed by atoms with Gasteiger partial charge in [0.1, 0.15) is 11.9 Å². The zero-order valence-corrected chi connectivity index (χ0v) is 19.9. The van der Waals surface area contributed by atoms with Crippen LogP contribution in [0.2, 0.25) is 0 Å². The lowest BCUT2D eigenvalue weighted by Gasteiger charge is -2.39. The van der Waals surface area contributed by atoms with E-state index in [0.29, 0.717) is 6.42 Å². The summed E-state index contributed by atoms with van der Waals surface area (Å²) in [4.78, 5) is 0. The molecule has 1 aliphatic rings. The highest BCUT2D eigenvalue weighted by molar-refractivity contribution is 7.58. The Labute approximate surface area is 189 Å². The fourth-order valence-corrected chi connectivity index (χ4v) is 6.02. The summed E-state index contributed by atoms with van der Waals surface area (Å²) in [6.45, 7) is 7.06. The maximum atomic E-state index is 13.9. The summed E-state index contributed by atoms with van der Waals surface area (Å²) in [6.07, 6.45) is 0.931. The normalized spacial score (nSPS) is 21.5. The molecule has 2 aromatic rings. The minimum atomic E-state index is -3.75. The van der Waals surface area contributed by atoms with E-state index in [4.69, 9.17) is 13.8 Å². The van der Waals surface area contributed by atoms with Gasteiger partial charge in [0, 0.05) is 24.9 Å². The van der Waals surface area contributed by atoms with Gasteiger partial charge in [-0.15, -0.1) is 0 Å². The highest BCUT2D eigenvalue weighted by Gasteiger charge is 2.44. The van der Waals surface area contributed by atoms with Gasteiger partial charge in [-0.05, 0) is 57.0 Å². The molecule has 0 saturated carbocycles. The van der Waals surface area contributed by atoms with Crippen molar-refractivity contribution in [2.24, 2.45) is 0 Å². The Morgan fingerprint density at radius 1 is 0.969 bits per heavy atom. The van der Waals surface area contributed by atoms with Crippen molar-refractivity contribution in [2.75, 3.05) is 6.61 Å². The number of allylic oxidation sites excluding steroid dienone is 1. The predicted molar refractivity (Wildman–Crippen MR) is 123 cm³/mol. The van der Waals surface area contributed by atoms with E-state index in [1.54, 1.807) is 39.8 Å². The number of ether oxygens (including phenoxy) is 1. The van der Waals surface area contributed by atoms with E-state index < -0.39 is 13.7 Å². The van der Waals surface area contributed by atoms with E-state index in [1.165, 1.54) is 12.1 Å². The average Bonchev–Trinajstić information content (AvgIpc) is 2.74. The smallest absolute Gasteiger partial charge is 0.395 e. The number of aliphatic hydroxyl groups excluding tert-OH is 1. The number of aliphatic hydroxyl groups is 1. The standard InChI is InChI=1S/C25H32FO5P/c1-17(2)30-32(28,31-18(3)4)24-16-22(19-8-6-5-7-9-19)25(23(29-24)14-15-27)20-10-12-21(26)13-11-20/h5-13,16-18,22-23,25,27H,14-15H2,1-4H3/t22-,23+,25-/m0/s1. The Bertz CT molecular complexity index is 929. The van der Waals surface area contributed by atoms with Crippen molar-refractivity contribution < 1.29 is 27.8 Å². The molecule has 1 heterocycles. The van der Waals surface area contributed by atoms with E-state index in [2.05, 4.69) is 0 Å². The van der Waals surface area contributed by atoms with Gasteiger partial charge in [0.25, 0.3) is 0 Å². The lowest BCUT2D eigenvalue weighted by atomic mass is 9.76. The second-order valence-electron chi connectivity index (χ2n) is 8.49. The van der Waals surface area contributed by atoms with Gasteiger partial charge >= 0.3 is 7.60 Å². The van der Waals surface area contributed by atoms with Gasteiger partial charge < -0.3 is 18.9 Å². The van der Waals surface area contributed by atoms with E-state index in [0.717, 1.165) is 11.1 Å². The van der Waals surface area contributed by atoms with Crippen molar-refractivity contribution in [3.63, 3.8) is 0 Å². The molecule has 0 fully saturated rings. The lowest BCUT2D eigenvalue weighted by Crippen LogP contribution is -2.32. The van der Waals surface area contributed by atoms with E-state index in [1.807, 2.05) is 36.4 Å².